The van der Waals surface area contributed by atoms with Gasteiger partial charge in [-0.3, -0.25) is 28.8 Å². The van der Waals surface area contributed by atoms with Crippen molar-refractivity contribution in [1.29, 1.82) is 0 Å². The van der Waals surface area contributed by atoms with Crippen molar-refractivity contribution in [3.05, 3.63) is 23.8 Å². The third-order valence-corrected chi connectivity index (χ3v) is 15.2. The van der Waals surface area contributed by atoms with Gasteiger partial charge in [-0.2, -0.15) is 0 Å². The molecule has 0 saturated carbocycles. The maximum atomic E-state index is 14.2. The molecule has 0 bridgehead atoms. The molecule has 2 atom stereocenters. The fourth-order valence-electron chi connectivity index (χ4n) is 10.0. The number of amides is 6. The van der Waals surface area contributed by atoms with Gasteiger partial charge in [0.1, 0.15) is 12.1 Å². The number of anilines is 2. The molecule has 6 amide bonds. The van der Waals surface area contributed by atoms with Crippen LogP contribution in [0.4, 0.5) is 11.4 Å². The first-order chi connectivity index (χ1) is 40.9. The Hall–Kier alpha value is -4.65. The second kappa shape index (κ2) is 56.2. The molecule has 1 rings (SSSR count). The van der Waals surface area contributed by atoms with Gasteiger partial charge in [0.15, 0.2) is 0 Å². The van der Waals surface area contributed by atoms with Crippen molar-refractivity contribution in [2.24, 2.45) is 5.73 Å². The number of nitrogens with two attached hydrogens (primary N) is 1. The fraction of sp³-hybridized carbons (Fsp3) is 0.803. The molecule has 0 aromatic heterocycles. The van der Waals surface area contributed by atoms with Crippen LogP contribution in [0.15, 0.2) is 18.2 Å². The second-order valence-electron chi connectivity index (χ2n) is 22.9. The van der Waals surface area contributed by atoms with E-state index in [0.29, 0.717) is 96.0 Å². The van der Waals surface area contributed by atoms with Crippen LogP contribution in [0.1, 0.15) is 281 Å². The minimum absolute atomic E-state index is 0.00832. The van der Waals surface area contributed by atoms with E-state index in [0.717, 1.165) is 51.4 Å². The molecule has 484 valence electrons. The number of carboxylic acids is 1. The zero-order chi connectivity index (χ0) is 61.4. The lowest BCUT2D eigenvalue weighted by Crippen LogP contribution is -2.51. The van der Waals surface area contributed by atoms with Gasteiger partial charge in [-0.05, 0) is 76.1 Å². The summed E-state index contributed by atoms with van der Waals surface area (Å²) in [5.74, 6) is -3.60. The highest BCUT2D eigenvalue weighted by molar-refractivity contribution is 6.02. The van der Waals surface area contributed by atoms with Gasteiger partial charge in [0.2, 0.25) is 29.5 Å². The zero-order valence-electron chi connectivity index (χ0n) is 52.9. The summed E-state index contributed by atoms with van der Waals surface area (Å²) in [7, 11) is 1.60. The number of hydrogen-bond acceptors (Lipinski definition) is 11. The maximum Gasteiger partial charge on any atom is 0.326 e. The summed E-state index contributed by atoms with van der Waals surface area (Å²) in [6.07, 6.45) is 39.2. The molecule has 0 aliphatic rings. The third kappa shape index (κ3) is 46.6. The van der Waals surface area contributed by atoms with Crippen molar-refractivity contribution in [2.75, 3.05) is 70.4 Å². The lowest BCUT2D eigenvalue weighted by Gasteiger charge is -2.22. The summed E-state index contributed by atoms with van der Waals surface area (Å²) in [6.45, 7) is 7.48. The van der Waals surface area contributed by atoms with Gasteiger partial charge in [-0.25, -0.2) is 4.79 Å². The van der Waals surface area contributed by atoms with Crippen LogP contribution in [0.5, 0.6) is 0 Å². The quantitative estimate of drug-likeness (QED) is 0.0283. The van der Waals surface area contributed by atoms with E-state index in [2.05, 4.69) is 45.7 Å². The number of carbonyl (C=O) groups excluding carboxylic acids is 6. The van der Waals surface area contributed by atoms with Crippen LogP contribution in [0.3, 0.4) is 0 Å². The smallest absolute Gasteiger partial charge is 0.326 e. The molecule has 0 spiro atoms. The normalized spacial score (nSPS) is 11.9. The van der Waals surface area contributed by atoms with Gasteiger partial charge in [-0.1, -0.05) is 194 Å². The molecule has 0 radical (unpaired) electrons. The summed E-state index contributed by atoms with van der Waals surface area (Å²) >= 11 is 0. The topological polar surface area (TPSA) is 266 Å². The molecule has 0 unspecified atom stereocenters. The molecular weight excluding hydrogens is 1070 g/mol. The first-order valence-electron chi connectivity index (χ1n) is 33.4. The van der Waals surface area contributed by atoms with Crippen molar-refractivity contribution >= 4 is 52.8 Å². The second-order valence-corrected chi connectivity index (χ2v) is 22.9. The van der Waals surface area contributed by atoms with Crippen molar-refractivity contribution < 1.29 is 52.9 Å². The SMILES string of the molecule is CCCCCCCCCCCCCCCCCC(=O)Nc1cc(NC(=O)CCCCCCCCCCCCCCCCC)cc(C(=O)N[C@@H](CCCCNC(=O)CCC(=O)NCCOCCOCCOC)C(=O)N[C@H](CCCCN)C(=O)O)c1. The average molecular weight is 1190 g/mol. The highest BCUT2D eigenvalue weighted by Crippen LogP contribution is 2.22. The summed E-state index contributed by atoms with van der Waals surface area (Å²) < 4.78 is 15.7. The summed E-state index contributed by atoms with van der Waals surface area (Å²) in [4.78, 5) is 92.0. The number of nitrogens with one attached hydrogen (secondary N) is 6. The van der Waals surface area contributed by atoms with E-state index in [1.165, 1.54) is 153 Å². The molecular formula is C66H119N7O11. The Labute approximate surface area is 507 Å². The van der Waals surface area contributed by atoms with Crippen LogP contribution >= 0.6 is 0 Å². The number of unbranched alkanes of at least 4 members (excludes halogenated alkanes) is 30. The predicted molar refractivity (Wildman–Crippen MR) is 339 cm³/mol. The lowest BCUT2D eigenvalue weighted by molar-refractivity contribution is -0.142. The summed E-state index contributed by atoms with van der Waals surface area (Å²) in [5.41, 5.74) is 6.38. The van der Waals surface area contributed by atoms with E-state index in [1.54, 1.807) is 13.2 Å². The molecule has 0 aliphatic carbocycles. The van der Waals surface area contributed by atoms with Crippen molar-refractivity contribution in [3.8, 4) is 0 Å². The van der Waals surface area contributed by atoms with Crippen LogP contribution in [0.25, 0.3) is 0 Å². The van der Waals surface area contributed by atoms with Crippen molar-refractivity contribution in [2.45, 2.75) is 283 Å². The average Bonchev–Trinajstić information content (AvgIpc) is 3.49. The Morgan fingerprint density at radius 1 is 0.429 bits per heavy atom. The highest BCUT2D eigenvalue weighted by Gasteiger charge is 2.27. The van der Waals surface area contributed by atoms with E-state index in [4.69, 9.17) is 19.9 Å². The van der Waals surface area contributed by atoms with Gasteiger partial charge in [-0.15, -0.1) is 0 Å². The number of ether oxygens (including phenoxy) is 3. The van der Waals surface area contributed by atoms with Crippen LogP contribution in [0, 0.1) is 0 Å². The minimum atomic E-state index is -1.22. The molecule has 1 aromatic carbocycles. The number of methoxy groups -OCH3 is 1. The first-order valence-corrected chi connectivity index (χ1v) is 33.4. The first kappa shape index (κ1) is 77.4. The molecule has 18 nitrogen and oxygen atoms in total. The Morgan fingerprint density at radius 3 is 1.25 bits per heavy atom. The van der Waals surface area contributed by atoms with Crippen molar-refractivity contribution in [3.63, 3.8) is 0 Å². The molecule has 0 heterocycles. The van der Waals surface area contributed by atoms with E-state index >= 15 is 0 Å². The Bertz CT molecular complexity index is 1790. The van der Waals surface area contributed by atoms with Gasteiger partial charge in [0.05, 0.1) is 33.0 Å². The zero-order valence-corrected chi connectivity index (χ0v) is 52.9. The number of hydrogen-bond donors (Lipinski definition) is 8. The van der Waals surface area contributed by atoms with Crippen molar-refractivity contribution in [1.82, 2.24) is 21.3 Å². The van der Waals surface area contributed by atoms with Gasteiger partial charge in [0, 0.05) is 62.8 Å². The maximum absolute atomic E-state index is 14.2. The lowest BCUT2D eigenvalue weighted by atomic mass is 10.0. The number of aliphatic carboxylic acids is 1. The Balaban J connectivity index is 2.96. The molecule has 0 fully saturated rings. The van der Waals surface area contributed by atoms with Crippen LogP contribution in [-0.4, -0.2) is 118 Å². The molecule has 1 aromatic rings. The molecule has 0 saturated heterocycles. The predicted octanol–water partition coefficient (Wildman–Crippen LogP) is 12.7. The van der Waals surface area contributed by atoms with E-state index in [1.807, 2.05) is 0 Å². The van der Waals surface area contributed by atoms with Gasteiger partial charge < -0.3 is 57.0 Å². The molecule has 84 heavy (non-hydrogen) atoms. The molecule has 0 aliphatic heterocycles. The number of carbonyl (C=O) groups is 7. The number of carboxylic acid groups (broad SMARTS) is 1. The van der Waals surface area contributed by atoms with Gasteiger partial charge in [0.25, 0.3) is 5.91 Å². The summed E-state index contributed by atoms with van der Waals surface area (Å²) in [6, 6.07) is 2.27. The number of rotatable bonds is 60. The largest absolute Gasteiger partial charge is 0.480 e. The van der Waals surface area contributed by atoms with Crippen LogP contribution in [0.2, 0.25) is 0 Å². The monoisotopic (exact) mass is 1190 g/mol. The van der Waals surface area contributed by atoms with Crippen LogP contribution < -0.4 is 37.6 Å². The molecule has 18 heteroatoms. The van der Waals surface area contributed by atoms with E-state index in [-0.39, 0.29) is 61.4 Å². The fourth-order valence-corrected chi connectivity index (χ4v) is 10.0. The highest BCUT2D eigenvalue weighted by atomic mass is 16.5. The van der Waals surface area contributed by atoms with Gasteiger partial charge >= 0.3 is 5.97 Å². The Morgan fingerprint density at radius 2 is 0.821 bits per heavy atom. The number of benzene rings is 1. The standard InChI is InChI=1S/C66H119N7O11/c1-4-6-8-10-12-14-16-18-20-22-24-26-28-30-32-40-62(76)70-56-52-55(53-57(54-56)71-63(77)41-33-31-29-27-25-23-21-19-17-15-13-11-9-7-5-2)64(78)72-58(65(79)73-59(66(80)81)39-34-36-44-67)38-35-37-45-68-60(74)42-43-61(75)69-46-47-83-50-51-84-49-48-82-3/h52-54,58-59H,4-51,67H2,1-3H3,(H,68,74)(H,69,75)(H,70,76)(H,71,77)(H,72,78)(H,73,79)(H,80,81)/t58-,59+/m0/s1. The Kier molecular flexibility index (Phi) is 51.7. The van der Waals surface area contributed by atoms with E-state index in [9.17, 15) is 38.7 Å². The third-order valence-electron chi connectivity index (χ3n) is 15.2. The molecule has 9 N–H and O–H groups in total. The van der Waals surface area contributed by atoms with Crippen LogP contribution in [-0.2, 0) is 43.0 Å². The summed E-state index contributed by atoms with van der Waals surface area (Å²) in [5, 5.41) is 26.8. The van der Waals surface area contributed by atoms with E-state index < -0.39 is 29.9 Å². The minimum Gasteiger partial charge on any atom is -0.480 e.